The molecule has 0 bridgehead atoms. The lowest BCUT2D eigenvalue weighted by Gasteiger charge is -2.29. The third-order valence-corrected chi connectivity index (χ3v) is 11.0. The summed E-state index contributed by atoms with van der Waals surface area (Å²) in [6, 6.07) is -3.26. The summed E-state index contributed by atoms with van der Waals surface area (Å²) in [5.41, 5.74) is 16.4. The van der Waals surface area contributed by atoms with Gasteiger partial charge in [-0.05, 0) is 54.9 Å². The second-order valence-corrected chi connectivity index (χ2v) is 16.8. The van der Waals surface area contributed by atoms with Crippen molar-refractivity contribution in [1.29, 1.82) is 0 Å². The van der Waals surface area contributed by atoms with Crippen LogP contribution in [0.4, 0.5) is 0 Å². The van der Waals surface area contributed by atoms with Crippen LogP contribution >= 0.6 is 11.8 Å². The van der Waals surface area contributed by atoms with Gasteiger partial charge in [0.25, 0.3) is 0 Å². The highest BCUT2D eigenvalue weighted by atomic mass is 32.2. The monoisotopic (exact) mass is 962 g/mol. The van der Waals surface area contributed by atoms with E-state index in [2.05, 4.69) is 42.5 Å². The molecule has 26 heteroatoms. The number of nitrogens with one attached hydrogen (secondary N) is 8. The number of nitrogens with two attached hydrogens (primary N) is 3. The van der Waals surface area contributed by atoms with Crippen molar-refractivity contribution in [2.45, 2.75) is 101 Å². The molecule has 0 saturated carbocycles. The van der Waals surface area contributed by atoms with E-state index in [0.717, 1.165) is 4.90 Å². The van der Waals surface area contributed by atoms with E-state index in [1.54, 1.807) is 20.1 Å². The van der Waals surface area contributed by atoms with E-state index >= 15 is 0 Å². The van der Waals surface area contributed by atoms with Crippen LogP contribution in [0.15, 0.2) is 24.3 Å². The first-order valence-electron chi connectivity index (χ1n) is 21.3. The van der Waals surface area contributed by atoms with E-state index in [1.807, 2.05) is 0 Å². The Balaban J connectivity index is 2.58. The molecule has 1 aromatic rings. The van der Waals surface area contributed by atoms with Crippen molar-refractivity contribution in [2.24, 2.45) is 23.1 Å². The Bertz CT molecular complexity index is 1990. The lowest BCUT2D eigenvalue weighted by Crippen LogP contribution is -2.61. The zero-order valence-electron chi connectivity index (χ0n) is 37.8. The number of hydrogen-bond acceptors (Lipinski definition) is 14. The predicted octanol–water partition coefficient (Wildman–Crippen LogP) is -5.25. The Morgan fingerprint density at radius 1 is 0.821 bits per heavy atom. The van der Waals surface area contributed by atoms with Gasteiger partial charge in [0.2, 0.25) is 70.9 Å². The van der Waals surface area contributed by atoms with Gasteiger partial charge in [0.1, 0.15) is 42.0 Å². The van der Waals surface area contributed by atoms with E-state index in [0.29, 0.717) is 17.7 Å². The summed E-state index contributed by atoms with van der Waals surface area (Å²) in [6.45, 7) is 1.46. The largest absolute Gasteiger partial charge is 0.508 e. The smallest absolute Gasteiger partial charge is 0.245 e. The molecule has 1 heterocycles. The van der Waals surface area contributed by atoms with E-state index in [1.165, 1.54) is 43.1 Å². The molecule has 0 spiro atoms. The number of primary amides is 3. The van der Waals surface area contributed by atoms with Crippen molar-refractivity contribution >= 4 is 82.6 Å². The van der Waals surface area contributed by atoms with Crippen LogP contribution in [0.3, 0.4) is 0 Å². The summed E-state index contributed by atoms with van der Waals surface area (Å²) in [5, 5.41) is 29.3. The quantitative estimate of drug-likeness (QED) is 0.0617. The van der Waals surface area contributed by atoms with Crippen molar-refractivity contribution < 1.29 is 62.6 Å². The molecule has 1 aliphatic rings. The molecule has 1 fully saturated rings. The van der Waals surface area contributed by atoms with Gasteiger partial charge in [-0.25, -0.2) is 0 Å². The number of likely N-dealkylation sites (N-methyl/N-ethyl adjacent to an activating group) is 1. The number of benzene rings is 1. The summed E-state index contributed by atoms with van der Waals surface area (Å²) in [5.74, 6) is -11.3. The van der Waals surface area contributed by atoms with E-state index in [-0.39, 0.29) is 18.6 Å². The summed E-state index contributed by atoms with van der Waals surface area (Å²) in [7, 11) is 1.17. The van der Waals surface area contributed by atoms with Gasteiger partial charge in [-0.3, -0.25) is 57.5 Å². The third kappa shape index (κ3) is 20.4. The average Bonchev–Trinajstić information content (AvgIpc) is 3.26. The van der Waals surface area contributed by atoms with E-state index in [4.69, 9.17) is 17.2 Å². The fraction of sp³-hybridized carbons (Fsp3) is 0.561. The number of carbonyl (C=O) groups excluding carboxylic acids is 12. The number of nitrogens with zero attached hydrogens (tertiary/aromatic N) is 1. The molecule has 370 valence electrons. The lowest BCUT2D eigenvalue weighted by molar-refractivity contribution is -0.140. The molecule has 0 radical (unpaired) electrons. The first kappa shape index (κ1) is 56.1. The number of amides is 12. The predicted molar refractivity (Wildman–Crippen MR) is 240 cm³/mol. The van der Waals surface area contributed by atoms with Gasteiger partial charge >= 0.3 is 0 Å². The van der Waals surface area contributed by atoms with Crippen molar-refractivity contribution in [3.63, 3.8) is 0 Å². The van der Waals surface area contributed by atoms with Gasteiger partial charge < -0.3 is 69.7 Å². The second-order valence-electron chi connectivity index (χ2n) is 15.8. The fourth-order valence-electron chi connectivity index (χ4n) is 6.45. The minimum atomic E-state index is -1.83. The maximum absolute atomic E-state index is 14.0. The molecular weight excluding hydrogens is 901 g/mol. The van der Waals surface area contributed by atoms with E-state index in [9.17, 15) is 62.6 Å². The highest BCUT2D eigenvalue weighted by Crippen LogP contribution is 2.14. The van der Waals surface area contributed by atoms with Crippen LogP contribution < -0.4 is 59.7 Å². The van der Waals surface area contributed by atoms with Gasteiger partial charge in [0.05, 0.1) is 26.1 Å². The molecule has 1 aliphatic heterocycles. The van der Waals surface area contributed by atoms with Crippen molar-refractivity contribution in [1.82, 2.24) is 47.4 Å². The standard InChI is InChI=1S/C41H62N12O13S/c1-5-21(2)35-40(65)49-24(10-12-29(42)55)37(62)51-28(17-30(43)56)38(63)50-26(41(66)53(3)20-34(60)47-25(14-15-67-4)36(61)46-18-31(44)57)11-13-32(58)45-19-33(59)48-27(39(64)52-35)16-22-6-8-23(54)9-7-22/h6-9,21,24-28,35,54H,5,10-20H2,1-4H3,(H2,42,55)(H2,43,56)(H2,44,57)(H,45,58)(H,46,61)(H,47,60)(H,48,59)(H,49,65)(H,50,63)(H,51,62)(H,52,64)/t21-,24-,25-,26-,27-,28-,35-/m0/s1. The minimum Gasteiger partial charge on any atom is -0.508 e. The molecule has 0 aliphatic carbocycles. The van der Waals surface area contributed by atoms with Gasteiger partial charge in [0, 0.05) is 26.3 Å². The van der Waals surface area contributed by atoms with Crippen molar-refractivity contribution in [2.75, 3.05) is 38.7 Å². The first-order chi connectivity index (χ1) is 31.5. The zero-order chi connectivity index (χ0) is 50.4. The highest BCUT2D eigenvalue weighted by Gasteiger charge is 2.36. The first-order valence-corrected chi connectivity index (χ1v) is 22.7. The molecular formula is C41H62N12O13S. The summed E-state index contributed by atoms with van der Waals surface area (Å²) in [6.07, 6.45) is -0.718. The van der Waals surface area contributed by atoms with Crippen molar-refractivity contribution in [3.05, 3.63) is 29.8 Å². The number of hydrogen-bond donors (Lipinski definition) is 12. The second kappa shape index (κ2) is 28.1. The maximum atomic E-state index is 14.0. The molecule has 15 N–H and O–H groups in total. The molecule has 25 nitrogen and oxygen atoms in total. The van der Waals surface area contributed by atoms with Crippen LogP contribution in [-0.2, 0) is 64.0 Å². The van der Waals surface area contributed by atoms with Crippen LogP contribution in [0.2, 0.25) is 0 Å². The number of rotatable bonds is 19. The van der Waals surface area contributed by atoms with Gasteiger partial charge in [-0.2, -0.15) is 11.8 Å². The maximum Gasteiger partial charge on any atom is 0.245 e. The number of carbonyl (C=O) groups is 12. The topological polar surface area (TPSA) is 403 Å². The molecule has 67 heavy (non-hydrogen) atoms. The normalized spacial score (nSPS) is 21.0. The molecule has 2 rings (SSSR count). The molecule has 12 amide bonds. The van der Waals surface area contributed by atoms with Crippen LogP contribution in [-0.4, -0.2) is 156 Å². The Hall–Kier alpha value is -6.99. The number of phenolic OH excluding ortho intramolecular Hbond substituents is 1. The number of thioether (sulfide) groups is 1. The van der Waals surface area contributed by atoms with Crippen LogP contribution in [0.25, 0.3) is 0 Å². The van der Waals surface area contributed by atoms with Crippen LogP contribution in [0.1, 0.15) is 64.4 Å². The Kier molecular flexibility index (Phi) is 23.6. The number of phenols is 1. The van der Waals surface area contributed by atoms with Gasteiger partial charge in [-0.1, -0.05) is 32.4 Å². The molecule has 1 saturated heterocycles. The van der Waals surface area contributed by atoms with Crippen LogP contribution in [0.5, 0.6) is 5.75 Å². The highest BCUT2D eigenvalue weighted by molar-refractivity contribution is 7.98. The SMILES string of the molecule is CC[C@H](C)[C@@H]1NC(=O)[C@H](Cc2ccc(O)cc2)NC(=O)CNC(=O)CC[C@@H](C(=O)N(C)CC(=O)N[C@@H](CCSC)C(=O)NCC(N)=O)NC(=O)[C@H](CC(N)=O)NC(=O)[C@H](CCC(N)=O)NC1=O. The van der Waals surface area contributed by atoms with Gasteiger partial charge in [-0.15, -0.1) is 0 Å². The minimum absolute atomic E-state index is 0.0721. The lowest BCUT2D eigenvalue weighted by atomic mass is 9.96. The number of aromatic hydroxyl groups is 1. The summed E-state index contributed by atoms with van der Waals surface area (Å²) < 4.78 is 0. The van der Waals surface area contributed by atoms with Gasteiger partial charge in [0.15, 0.2) is 0 Å². The molecule has 1 aromatic carbocycles. The average molecular weight is 963 g/mol. The van der Waals surface area contributed by atoms with Crippen LogP contribution in [0, 0.1) is 5.92 Å². The summed E-state index contributed by atoms with van der Waals surface area (Å²) >= 11 is 1.37. The molecule has 7 atom stereocenters. The summed E-state index contributed by atoms with van der Waals surface area (Å²) in [4.78, 5) is 158. The Labute approximate surface area is 390 Å². The Morgan fingerprint density at radius 3 is 2.04 bits per heavy atom. The molecule has 0 aromatic heterocycles. The zero-order valence-corrected chi connectivity index (χ0v) is 38.6. The Morgan fingerprint density at radius 2 is 1.45 bits per heavy atom. The van der Waals surface area contributed by atoms with Crippen molar-refractivity contribution in [3.8, 4) is 5.75 Å². The van der Waals surface area contributed by atoms with E-state index < -0.39 is 165 Å². The molecule has 0 unspecified atom stereocenters. The third-order valence-electron chi connectivity index (χ3n) is 10.3. The fourth-order valence-corrected chi connectivity index (χ4v) is 6.92.